The number of carbonyl (C=O) groups is 1. The van der Waals surface area contributed by atoms with Crippen molar-refractivity contribution in [1.82, 2.24) is 9.55 Å². The Morgan fingerprint density at radius 2 is 1.97 bits per heavy atom. The summed E-state index contributed by atoms with van der Waals surface area (Å²) in [6.45, 7) is 3.59. The van der Waals surface area contributed by atoms with Gasteiger partial charge in [0, 0.05) is 6.08 Å². The SMILES string of the molecule is CCOC(=O)C1=C(C)N=c2[nH]c(=Cc3ccc(-c4ccc(OC)cc4[N+](=O)[O-])o3)c(=O)n2C1c1ccccc1. The molecule has 1 aliphatic heterocycles. The number of methoxy groups -OCH3 is 1. The molecule has 3 heterocycles. The van der Waals surface area contributed by atoms with Gasteiger partial charge in [-0.25, -0.2) is 9.79 Å². The number of fused-ring (bicyclic) bond motifs is 1. The maximum absolute atomic E-state index is 13.6. The molecule has 11 nitrogen and oxygen atoms in total. The standard InChI is InChI=1S/C28H24N4O7/c1-4-38-27(34)24-16(2)29-28-30-21(26(33)31(28)25(24)17-8-6-5-7-9-17)14-19-11-13-23(39-19)20-12-10-18(37-3)15-22(20)32(35)36/h5-15,25H,4H2,1-3H3,(H,29,30). The van der Waals surface area contributed by atoms with Gasteiger partial charge < -0.3 is 18.9 Å². The number of aromatic amines is 1. The van der Waals surface area contributed by atoms with Crippen LogP contribution in [-0.4, -0.2) is 34.2 Å². The van der Waals surface area contributed by atoms with E-state index in [0.717, 1.165) is 5.56 Å². The molecule has 1 atom stereocenters. The second kappa shape index (κ2) is 10.3. The van der Waals surface area contributed by atoms with E-state index in [0.29, 0.717) is 11.4 Å². The van der Waals surface area contributed by atoms with Crippen molar-refractivity contribution in [3.05, 3.63) is 115 Å². The maximum atomic E-state index is 13.6. The maximum Gasteiger partial charge on any atom is 0.338 e. The van der Waals surface area contributed by atoms with E-state index < -0.39 is 22.5 Å². The zero-order valence-electron chi connectivity index (χ0n) is 21.3. The monoisotopic (exact) mass is 528 g/mol. The van der Waals surface area contributed by atoms with Crippen molar-refractivity contribution >= 4 is 17.7 Å². The molecular formula is C28H24N4O7. The summed E-state index contributed by atoms with van der Waals surface area (Å²) in [5, 5.41) is 11.8. The minimum absolute atomic E-state index is 0.165. The number of nitro groups is 1. The summed E-state index contributed by atoms with van der Waals surface area (Å²) in [5.41, 5.74) is 1.35. The molecule has 11 heteroatoms. The number of esters is 1. The molecule has 4 aromatic rings. The predicted molar refractivity (Wildman–Crippen MR) is 141 cm³/mol. The lowest BCUT2D eigenvalue weighted by atomic mass is 9.96. The number of imidazole rings is 1. The number of hydrogen-bond acceptors (Lipinski definition) is 8. The Morgan fingerprint density at radius 1 is 1.21 bits per heavy atom. The fraction of sp³-hybridized carbons (Fsp3) is 0.179. The van der Waals surface area contributed by atoms with Gasteiger partial charge in [0.15, 0.2) is 0 Å². The van der Waals surface area contributed by atoms with Crippen LogP contribution in [0.15, 0.2) is 86.1 Å². The lowest BCUT2D eigenvalue weighted by molar-refractivity contribution is -0.384. The highest BCUT2D eigenvalue weighted by Gasteiger charge is 2.33. The summed E-state index contributed by atoms with van der Waals surface area (Å²) in [7, 11) is 1.43. The molecule has 0 fully saturated rings. The number of nitrogens with one attached hydrogen (secondary N) is 1. The molecule has 198 valence electrons. The quantitative estimate of drug-likeness (QED) is 0.220. The van der Waals surface area contributed by atoms with Gasteiger partial charge in [-0.15, -0.1) is 0 Å². The van der Waals surface area contributed by atoms with Gasteiger partial charge in [0.2, 0.25) is 5.62 Å². The molecule has 0 saturated carbocycles. The number of nitro benzene ring substituents is 1. The first-order valence-electron chi connectivity index (χ1n) is 12.1. The molecule has 0 spiro atoms. The summed E-state index contributed by atoms with van der Waals surface area (Å²) in [6, 6.07) is 16.0. The van der Waals surface area contributed by atoms with Crippen LogP contribution in [0.3, 0.4) is 0 Å². The Labute approximate surface area is 221 Å². The molecule has 2 aromatic carbocycles. The van der Waals surface area contributed by atoms with Crippen molar-refractivity contribution in [2.75, 3.05) is 13.7 Å². The van der Waals surface area contributed by atoms with Gasteiger partial charge in [-0.05, 0) is 43.7 Å². The van der Waals surface area contributed by atoms with Crippen molar-refractivity contribution in [3.8, 4) is 17.1 Å². The number of furan rings is 1. The summed E-state index contributed by atoms with van der Waals surface area (Å²) >= 11 is 0. The number of nitrogens with zero attached hydrogens (tertiary/aromatic N) is 3. The third-order valence-corrected chi connectivity index (χ3v) is 6.31. The second-order valence-corrected chi connectivity index (χ2v) is 8.67. The number of benzene rings is 2. The molecule has 0 amide bonds. The molecule has 2 aromatic heterocycles. The van der Waals surface area contributed by atoms with Gasteiger partial charge >= 0.3 is 5.97 Å². The summed E-state index contributed by atoms with van der Waals surface area (Å²) in [4.78, 5) is 45.2. The van der Waals surface area contributed by atoms with Gasteiger partial charge in [-0.2, -0.15) is 0 Å². The molecule has 39 heavy (non-hydrogen) atoms. The van der Waals surface area contributed by atoms with E-state index in [2.05, 4.69) is 9.98 Å². The molecule has 1 N–H and O–H groups in total. The minimum Gasteiger partial charge on any atom is -0.497 e. The van der Waals surface area contributed by atoms with Gasteiger partial charge in [0.05, 0.1) is 47.6 Å². The van der Waals surface area contributed by atoms with E-state index >= 15 is 0 Å². The van der Waals surface area contributed by atoms with Crippen LogP contribution < -0.4 is 21.3 Å². The zero-order valence-corrected chi connectivity index (χ0v) is 21.3. The normalized spacial score (nSPS) is 15.1. The summed E-state index contributed by atoms with van der Waals surface area (Å²) < 4.78 is 17.7. The summed E-state index contributed by atoms with van der Waals surface area (Å²) in [5.74, 6) is 0.337. The van der Waals surface area contributed by atoms with Crippen molar-refractivity contribution in [2.45, 2.75) is 19.9 Å². The molecule has 0 aliphatic carbocycles. The largest absolute Gasteiger partial charge is 0.497 e. The van der Waals surface area contributed by atoms with E-state index in [1.165, 1.54) is 29.9 Å². The van der Waals surface area contributed by atoms with Crippen molar-refractivity contribution in [1.29, 1.82) is 0 Å². The number of H-pyrrole nitrogens is 1. The van der Waals surface area contributed by atoms with E-state index in [4.69, 9.17) is 13.9 Å². The predicted octanol–water partition coefficient (Wildman–Crippen LogP) is 3.24. The highest BCUT2D eigenvalue weighted by molar-refractivity contribution is 5.91. The minimum atomic E-state index is -0.752. The van der Waals surface area contributed by atoms with Gasteiger partial charge in [-0.1, -0.05) is 30.3 Å². The lowest BCUT2D eigenvalue weighted by Gasteiger charge is -2.24. The first-order chi connectivity index (χ1) is 18.8. The van der Waals surface area contributed by atoms with Crippen LogP contribution in [0.2, 0.25) is 0 Å². The van der Waals surface area contributed by atoms with Crippen molar-refractivity contribution < 1.29 is 23.6 Å². The van der Waals surface area contributed by atoms with Crippen LogP contribution in [0.4, 0.5) is 5.69 Å². The highest BCUT2D eigenvalue weighted by Crippen LogP contribution is 2.34. The molecule has 1 unspecified atom stereocenters. The number of aromatic nitrogens is 2. The molecule has 0 saturated heterocycles. The molecule has 0 bridgehead atoms. The number of carbonyl (C=O) groups excluding carboxylic acids is 1. The van der Waals surface area contributed by atoms with Crippen LogP contribution in [0.1, 0.15) is 31.2 Å². The van der Waals surface area contributed by atoms with Crippen LogP contribution in [0.5, 0.6) is 5.75 Å². The molecule has 1 aliphatic rings. The molecular weight excluding hydrogens is 504 g/mol. The third-order valence-electron chi connectivity index (χ3n) is 6.31. The fourth-order valence-corrected chi connectivity index (χ4v) is 4.56. The average Bonchev–Trinajstić information content (AvgIpc) is 3.52. The number of ether oxygens (including phenoxy) is 2. The smallest absolute Gasteiger partial charge is 0.338 e. The van der Waals surface area contributed by atoms with E-state index in [1.807, 2.05) is 30.3 Å². The Bertz CT molecular complexity index is 1800. The fourth-order valence-electron chi connectivity index (χ4n) is 4.56. The Hall–Kier alpha value is -5.19. The Morgan fingerprint density at radius 3 is 2.67 bits per heavy atom. The molecule has 5 rings (SSSR count). The number of allylic oxidation sites excluding steroid dienone is 1. The van der Waals surface area contributed by atoms with Crippen LogP contribution in [0.25, 0.3) is 17.4 Å². The Balaban J connectivity index is 1.62. The zero-order chi connectivity index (χ0) is 27.7. The van der Waals surface area contributed by atoms with Crippen LogP contribution in [0, 0.1) is 10.1 Å². The van der Waals surface area contributed by atoms with E-state index in [1.54, 1.807) is 32.0 Å². The van der Waals surface area contributed by atoms with E-state index in [9.17, 15) is 19.7 Å². The van der Waals surface area contributed by atoms with Crippen LogP contribution >= 0.6 is 0 Å². The summed E-state index contributed by atoms with van der Waals surface area (Å²) in [6.07, 6.45) is 1.49. The topological polar surface area (TPSA) is 142 Å². The first kappa shape index (κ1) is 25.5. The number of rotatable bonds is 7. The molecule has 0 radical (unpaired) electrons. The van der Waals surface area contributed by atoms with Crippen molar-refractivity contribution in [3.63, 3.8) is 0 Å². The van der Waals surface area contributed by atoms with Gasteiger partial charge in [0.1, 0.15) is 22.6 Å². The lowest BCUT2D eigenvalue weighted by Crippen LogP contribution is -2.40. The second-order valence-electron chi connectivity index (χ2n) is 8.67. The first-order valence-corrected chi connectivity index (χ1v) is 12.1. The highest BCUT2D eigenvalue weighted by atomic mass is 16.6. The van der Waals surface area contributed by atoms with Crippen molar-refractivity contribution in [2.24, 2.45) is 4.99 Å². The average molecular weight is 529 g/mol. The number of hydrogen-bond donors (Lipinski definition) is 1. The van der Waals surface area contributed by atoms with Crippen LogP contribution in [-0.2, 0) is 9.53 Å². The van der Waals surface area contributed by atoms with Gasteiger partial charge in [-0.3, -0.25) is 19.5 Å². The third kappa shape index (κ3) is 4.65. The Kier molecular flexibility index (Phi) is 6.72. The van der Waals surface area contributed by atoms with Gasteiger partial charge in [0.25, 0.3) is 11.2 Å². The van der Waals surface area contributed by atoms with E-state index in [-0.39, 0.29) is 45.9 Å².